The fraction of sp³-hybridized carbons (Fsp3) is 0.640. The summed E-state index contributed by atoms with van der Waals surface area (Å²) >= 11 is 0. The topological polar surface area (TPSA) is 100 Å². The van der Waals surface area contributed by atoms with E-state index in [4.69, 9.17) is 5.73 Å². The number of hydrogen-bond donors (Lipinski definition) is 2. The van der Waals surface area contributed by atoms with Crippen molar-refractivity contribution < 1.29 is 14.3 Å². The second-order valence-electron chi connectivity index (χ2n) is 9.15. The molecule has 0 atom stereocenters. The highest BCUT2D eigenvalue weighted by Gasteiger charge is 2.26. The average molecular weight is 458 g/mol. The smallest absolute Gasteiger partial charge is 0.434 e. The molecule has 182 valence electrons. The monoisotopic (exact) mass is 457 g/mol. The van der Waals surface area contributed by atoms with Gasteiger partial charge in [-0.1, -0.05) is 44.2 Å². The van der Waals surface area contributed by atoms with Crippen LogP contribution in [0.15, 0.2) is 29.3 Å². The van der Waals surface area contributed by atoms with Crippen molar-refractivity contribution in [3.63, 3.8) is 0 Å². The lowest BCUT2D eigenvalue weighted by Gasteiger charge is -2.39. The van der Waals surface area contributed by atoms with Gasteiger partial charge in [0, 0.05) is 25.2 Å². The number of likely N-dealkylation sites (tertiary alicyclic amines) is 1. The predicted molar refractivity (Wildman–Crippen MR) is 133 cm³/mol. The predicted octanol–water partition coefficient (Wildman–Crippen LogP) is 4.15. The Hall–Kier alpha value is -2.61. The van der Waals surface area contributed by atoms with Crippen molar-refractivity contribution in [2.75, 3.05) is 37.0 Å². The zero-order valence-corrected chi connectivity index (χ0v) is 20.1. The largest absolute Gasteiger partial charge is 0.451 e. The number of nitrogens with one attached hydrogen (secondary N) is 1. The van der Waals surface area contributed by atoms with E-state index in [-0.39, 0.29) is 6.54 Å². The maximum absolute atomic E-state index is 11.8. The molecule has 33 heavy (non-hydrogen) atoms. The van der Waals surface area contributed by atoms with Gasteiger partial charge in [0.2, 0.25) is 5.91 Å². The number of amides is 2. The van der Waals surface area contributed by atoms with Crippen LogP contribution in [0.1, 0.15) is 64.7 Å². The van der Waals surface area contributed by atoms with Crippen LogP contribution in [-0.4, -0.2) is 61.6 Å². The van der Waals surface area contributed by atoms with E-state index in [1.54, 1.807) is 11.8 Å². The van der Waals surface area contributed by atoms with Gasteiger partial charge in [-0.3, -0.25) is 4.79 Å². The van der Waals surface area contributed by atoms with E-state index in [9.17, 15) is 9.59 Å². The lowest BCUT2D eigenvalue weighted by atomic mass is 9.93. The van der Waals surface area contributed by atoms with Crippen molar-refractivity contribution in [3.8, 4) is 0 Å². The van der Waals surface area contributed by atoms with Crippen LogP contribution in [0.25, 0.3) is 0 Å². The quantitative estimate of drug-likeness (QED) is 0.492. The lowest BCUT2D eigenvalue weighted by molar-refractivity contribution is -0.116. The Morgan fingerprint density at radius 1 is 1.09 bits per heavy atom. The highest BCUT2D eigenvalue weighted by molar-refractivity contribution is 6.06. The molecule has 3 N–H and O–H groups in total. The zero-order valence-electron chi connectivity index (χ0n) is 20.1. The molecule has 0 spiro atoms. The van der Waals surface area contributed by atoms with E-state index < -0.39 is 12.0 Å². The average Bonchev–Trinajstić information content (AvgIpc) is 2.78. The number of para-hydroxylation sites is 2. The van der Waals surface area contributed by atoms with E-state index in [0.717, 1.165) is 43.3 Å². The lowest BCUT2D eigenvalue weighted by Crippen LogP contribution is -2.45. The van der Waals surface area contributed by atoms with E-state index in [1.807, 2.05) is 24.3 Å². The summed E-state index contributed by atoms with van der Waals surface area (Å²) < 4.78 is 4.65. The summed E-state index contributed by atoms with van der Waals surface area (Å²) in [5.74, 6) is -0.147. The van der Waals surface area contributed by atoms with Crippen LogP contribution < -0.4 is 16.0 Å². The van der Waals surface area contributed by atoms with Crippen LogP contribution in [0.2, 0.25) is 0 Å². The molecular formula is C25H39N5O3. The van der Waals surface area contributed by atoms with Gasteiger partial charge in [0.25, 0.3) is 0 Å². The van der Waals surface area contributed by atoms with Crippen molar-refractivity contribution in [2.24, 2.45) is 10.7 Å². The summed E-state index contributed by atoms with van der Waals surface area (Å²) in [4.78, 5) is 31.7. The number of methoxy groups -OCH3 is 1. The summed E-state index contributed by atoms with van der Waals surface area (Å²) in [6.07, 6.45) is 11.0. The van der Waals surface area contributed by atoms with Gasteiger partial charge in [-0.05, 0) is 44.7 Å². The molecule has 0 radical (unpaired) electrons. The number of carbonyl (C=O) groups excluding carboxylic acids is 2. The third-order valence-electron chi connectivity index (χ3n) is 6.81. The van der Waals surface area contributed by atoms with Crippen molar-refractivity contribution in [3.05, 3.63) is 24.3 Å². The number of rotatable bonds is 6. The minimum absolute atomic E-state index is 0.0782. The first-order valence-electron chi connectivity index (χ1n) is 12.3. The molecule has 1 aliphatic heterocycles. The van der Waals surface area contributed by atoms with Gasteiger partial charge in [0.1, 0.15) is 12.4 Å². The third-order valence-corrected chi connectivity index (χ3v) is 6.81. The zero-order chi connectivity index (χ0) is 23.6. The van der Waals surface area contributed by atoms with Crippen LogP contribution in [-0.2, 0) is 9.53 Å². The number of piperidine rings is 1. The summed E-state index contributed by atoms with van der Waals surface area (Å²) in [7, 11) is 1.27. The fourth-order valence-corrected chi connectivity index (χ4v) is 5.03. The van der Waals surface area contributed by atoms with E-state index in [1.165, 1.54) is 52.1 Å². The molecule has 8 heteroatoms. The molecule has 8 nitrogen and oxygen atoms in total. The van der Waals surface area contributed by atoms with Crippen molar-refractivity contribution >= 4 is 29.2 Å². The van der Waals surface area contributed by atoms with Crippen molar-refractivity contribution in [1.82, 2.24) is 4.90 Å². The maximum Gasteiger partial charge on any atom is 0.434 e. The number of anilines is 2. The fourth-order valence-electron chi connectivity index (χ4n) is 5.03. The second kappa shape index (κ2) is 12.6. The number of hydrogen-bond acceptors (Lipinski definition) is 5. The SMILES string of the molecule is COC(=O)N=C(C)N(CC(N)=O)c1ccccc1NC1CCN(C2CCCCCCC2)CC1. The van der Waals surface area contributed by atoms with Crippen LogP contribution in [0.3, 0.4) is 0 Å². The number of primary amides is 1. The number of nitrogens with two attached hydrogens (primary N) is 1. The molecule has 1 aromatic carbocycles. The Morgan fingerprint density at radius 3 is 2.36 bits per heavy atom. The molecule has 1 saturated carbocycles. The molecular weight excluding hydrogens is 418 g/mol. The third kappa shape index (κ3) is 7.45. The molecule has 1 aliphatic carbocycles. The van der Waals surface area contributed by atoms with Gasteiger partial charge in [0.05, 0.1) is 18.5 Å². The van der Waals surface area contributed by atoms with Gasteiger partial charge in [-0.25, -0.2) is 4.79 Å². The Balaban J connectivity index is 1.68. The molecule has 2 fully saturated rings. The van der Waals surface area contributed by atoms with Gasteiger partial charge < -0.3 is 25.6 Å². The molecule has 2 aliphatic rings. The summed E-state index contributed by atoms with van der Waals surface area (Å²) in [5.41, 5.74) is 7.17. The van der Waals surface area contributed by atoms with Gasteiger partial charge in [-0.15, -0.1) is 0 Å². The molecule has 1 saturated heterocycles. The highest BCUT2D eigenvalue weighted by atomic mass is 16.5. The van der Waals surface area contributed by atoms with Gasteiger partial charge in [0.15, 0.2) is 0 Å². The first kappa shape index (κ1) is 25.0. The van der Waals surface area contributed by atoms with E-state index >= 15 is 0 Å². The number of benzene rings is 1. The maximum atomic E-state index is 11.8. The number of aliphatic imine (C=N–C) groups is 1. The van der Waals surface area contributed by atoms with Crippen LogP contribution in [0.5, 0.6) is 0 Å². The second-order valence-corrected chi connectivity index (χ2v) is 9.15. The summed E-state index contributed by atoms with van der Waals surface area (Å²) in [6, 6.07) is 8.86. The standard InChI is InChI=1S/C25H39N5O3/c1-19(27-25(32)33-2)30(18-24(26)31)23-13-9-8-12-22(23)28-20-14-16-29(17-15-20)21-10-6-4-3-5-7-11-21/h8-9,12-13,20-21,28H,3-7,10-11,14-18H2,1-2H3,(H2,26,31). The molecule has 1 heterocycles. The van der Waals surface area contributed by atoms with Crippen molar-refractivity contribution in [1.29, 1.82) is 0 Å². The number of carbonyl (C=O) groups is 2. The molecule has 1 aromatic rings. The van der Waals surface area contributed by atoms with E-state index in [0.29, 0.717) is 11.9 Å². The van der Waals surface area contributed by atoms with Gasteiger partial charge in [-0.2, -0.15) is 4.99 Å². The van der Waals surface area contributed by atoms with Crippen LogP contribution in [0.4, 0.5) is 16.2 Å². The number of amidine groups is 1. The van der Waals surface area contributed by atoms with Crippen molar-refractivity contribution in [2.45, 2.75) is 76.8 Å². The van der Waals surface area contributed by atoms with Crippen LogP contribution in [0, 0.1) is 0 Å². The molecule has 0 bridgehead atoms. The normalized spacial score (nSPS) is 19.4. The molecule has 3 rings (SSSR count). The Morgan fingerprint density at radius 2 is 1.73 bits per heavy atom. The molecule has 2 amide bonds. The highest BCUT2D eigenvalue weighted by Crippen LogP contribution is 2.30. The minimum Gasteiger partial charge on any atom is -0.451 e. The Kier molecular flexibility index (Phi) is 9.54. The Labute approximate surface area is 197 Å². The number of nitrogens with zero attached hydrogens (tertiary/aromatic N) is 3. The molecule has 0 aromatic heterocycles. The summed E-state index contributed by atoms with van der Waals surface area (Å²) in [6.45, 7) is 3.81. The first-order valence-corrected chi connectivity index (χ1v) is 12.3. The first-order chi connectivity index (χ1) is 16.0. The van der Waals surface area contributed by atoms with E-state index in [2.05, 4.69) is 19.9 Å². The number of ether oxygens (including phenoxy) is 1. The minimum atomic E-state index is -0.714. The van der Waals surface area contributed by atoms with Gasteiger partial charge >= 0.3 is 6.09 Å². The molecule has 0 unspecified atom stereocenters. The summed E-state index contributed by atoms with van der Waals surface area (Å²) in [5, 5.41) is 3.68. The van der Waals surface area contributed by atoms with Crippen LogP contribution >= 0.6 is 0 Å². The Bertz CT molecular complexity index is 812.